The maximum Gasteiger partial charge on any atom is 0.0656 e. The molecule has 2 nitrogen and oxygen atoms in total. The highest BCUT2D eigenvalue weighted by molar-refractivity contribution is 5.03. The Morgan fingerprint density at radius 3 is 1.75 bits per heavy atom. The SMILES string of the molecule is C=C(CC(C)C#N)CC(C)C#N. The third kappa shape index (κ3) is 4.52. The molecule has 0 aromatic carbocycles. The number of rotatable bonds is 4. The minimum absolute atomic E-state index is 0.0170. The van der Waals surface area contributed by atoms with E-state index in [2.05, 4.69) is 18.7 Å². The van der Waals surface area contributed by atoms with Crippen molar-refractivity contribution in [3.05, 3.63) is 12.2 Å². The van der Waals surface area contributed by atoms with E-state index in [0.29, 0.717) is 12.8 Å². The molecule has 2 atom stereocenters. The minimum atomic E-state index is 0.0170. The van der Waals surface area contributed by atoms with Crippen LogP contribution in [0.15, 0.2) is 12.2 Å². The van der Waals surface area contributed by atoms with Crippen molar-refractivity contribution in [2.75, 3.05) is 0 Å². The second-order valence-corrected chi connectivity index (χ2v) is 3.22. The van der Waals surface area contributed by atoms with Gasteiger partial charge in [0.15, 0.2) is 0 Å². The van der Waals surface area contributed by atoms with Crippen LogP contribution in [-0.2, 0) is 0 Å². The van der Waals surface area contributed by atoms with Gasteiger partial charge in [-0.15, -0.1) is 0 Å². The van der Waals surface area contributed by atoms with E-state index in [0.717, 1.165) is 5.57 Å². The van der Waals surface area contributed by atoms with Crippen molar-refractivity contribution < 1.29 is 0 Å². The first-order valence-corrected chi connectivity index (χ1v) is 4.06. The summed E-state index contributed by atoms with van der Waals surface area (Å²) in [6.07, 6.45) is 1.42. The van der Waals surface area contributed by atoms with Crippen LogP contribution in [0.5, 0.6) is 0 Å². The third-order valence-corrected chi connectivity index (χ3v) is 1.63. The molecule has 0 rings (SSSR count). The Labute approximate surface area is 74.1 Å². The molecule has 2 unspecified atom stereocenters. The Morgan fingerprint density at radius 1 is 1.17 bits per heavy atom. The summed E-state index contributed by atoms with van der Waals surface area (Å²) < 4.78 is 0. The lowest BCUT2D eigenvalue weighted by Gasteiger charge is -2.07. The molecule has 0 saturated heterocycles. The van der Waals surface area contributed by atoms with Crippen molar-refractivity contribution in [3.8, 4) is 12.1 Å². The summed E-state index contributed by atoms with van der Waals surface area (Å²) in [5.74, 6) is 0.0341. The molecule has 12 heavy (non-hydrogen) atoms. The van der Waals surface area contributed by atoms with Crippen LogP contribution in [0, 0.1) is 34.5 Å². The van der Waals surface area contributed by atoms with Crippen molar-refractivity contribution in [1.29, 1.82) is 10.5 Å². The van der Waals surface area contributed by atoms with Crippen LogP contribution in [0.1, 0.15) is 26.7 Å². The van der Waals surface area contributed by atoms with E-state index in [1.807, 2.05) is 13.8 Å². The van der Waals surface area contributed by atoms with Gasteiger partial charge in [-0.25, -0.2) is 0 Å². The Kier molecular flexibility index (Phi) is 4.81. The van der Waals surface area contributed by atoms with Crippen molar-refractivity contribution in [3.63, 3.8) is 0 Å². The van der Waals surface area contributed by atoms with Crippen molar-refractivity contribution >= 4 is 0 Å². The molecule has 0 aromatic rings. The molecular weight excluding hydrogens is 148 g/mol. The Balaban J connectivity index is 3.78. The predicted octanol–water partition coefficient (Wildman–Crippen LogP) is 2.64. The molecular formula is C10H14N2. The van der Waals surface area contributed by atoms with Gasteiger partial charge in [-0.1, -0.05) is 12.2 Å². The van der Waals surface area contributed by atoms with E-state index >= 15 is 0 Å². The Morgan fingerprint density at radius 2 is 1.50 bits per heavy atom. The van der Waals surface area contributed by atoms with Gasteiger partial charge in [-0.3, -0.25) is 0 Å². The monoisotopic (exact) mass is 162 g/mol. The molecule has 64 valence electrons. The first kappa shape index (κ1) is 10.7. The second-order valence-electron chi connectivity index (χ2n) is 3.22. The Bertz CT molecular complexity index is 205. The summed E-state index contributed by atoms with van der Waals surface area (Å²) in [4.78, 5) is 0. The molecule has 0 amide bonds. The van der Waals surface area contributed by atoms with E-state index in [4.69, 9.17) is 10.5 Å². The summed E-state index contributed by atoms with van der Waals surface area (Å²) in [5, 5.41) is 17.0. The predicted molar refractivity (Wildman–Crippen MR) is 47.9 cm³/mol. The highest BCUT2D eigenvalue weighted by Gasteiger charge is 2.06. The zero-order valence-corrected chi connectivity index (χ0v) is 7.67. The Hall–Kier alpha value is -1.28. The second kappa shape index (κ2) is 5.38. The maximum absolute atomic E-state index is 8.52. The van der Waals surface area contributed by atoms with E-state index in [9.17, 15) is 0 Å². The van der Waals surface area contributed by atoms with Gasteiger partial charge in [0.1, 0.15) is 0 Å². The van der Waals surface area contributed by atoms with Gasteiger partial charge in [0.2, 0.25) is 0 Å². The quantitative estimate of drug-likeness (QED) is 0.596. The van der Waals surface area contributed by atoms with Crippen LogP contribution in [0.2, 0.25) is 0 Å². The van der Waals surface area contributed by atoms with E-state index in [1.165, 1.54) is 0 Å². The van der Waals surface area contributed by atoms with Crippen molar-refractivity contribution in [2.24, 2.45) is 11.8 Å². The van der Waals surface area contributed by atoms with Crippen molar-refractivity contribution in [1.82, 2.24) is 0 Å². The molecule has 0 aliphatic carbocycles. The summed E-state index contributed by atoms with van der Waals surface area (Å²) >= 11 is 0. The normalized spacial score (nSPS) is 14.0. The number of allylic oxidation sites excluding steroid dienone is 1. The van der Waals surface area contributed by atoms with E-state index in [-0.39, 0.29) is 11.8 Å². The van der Waals surface area contributed by atoms with Crippen LogP contribution in [0.4, 0.5) is 0 Å². The first-order valence-electron chi connectivity index (χ1n) is 4.06. The van der Waals surface area contributed by atoms with Crippen LogP contribution in [0.25, 0.3) is 0 Å². The fourth-order valence-electron chi connectivity index (χ4n) is 1.04. The smallest absolute Gasteiger partial charge is 0.0656 e. The average Bonchev–Trinajstić information content (AvgIpc) is 2.03. The molecule has 0 heterocycles. The lowest BCUT2D eigenvalue weighted by molar-refractivity contribution is 0.651. The van der Waals surface area contributed by atoms with Crippen LogP contribution in [0.3, 0.4) is 0 Å². The molecule has 0 aromatic heterocycles. The molecule has 0 N–H and O–H groups in total. The van der Waals surface area contributed by atoms with Gasteiger partial charge in [0, 0.05) is 11.8 Å². The molecule has 0 saturated carbocycles. The summed E-state index contributed by atoms with van der Waals surface area (Å²) in [6.45, 7) is 7.55. The van der Waals surface area contributed by atoms with Crippen LogP contribution >= 0.6 is 0 Å². The van der Waals surface area contributed by atoms with Gasteiger partial charge in [-0.05, 0) is 26.7 Å². The molecule has 0 aliphatic rings. The fourth-order valence-corrected chi connectivity index (χ4v) is 1.04. The number of hydrogen-bond donors (Lipinski definition) is 0. The summed E-state index contributed by atoms with van der Waals surface area (Å²) in [7, 11) is 0. The minimum Gasteiger partial charge on any atom is -0.198 e. The molecule has 0 bridgehead atoms. The van der Waals surface area contributed by atoms with Gasteiger partial charge in [-0.2, -0.15) is 10.5 Å². The molecule has 0 fully saturated rings. The van der Waals surface area contributed by atoms with Crippen LogP contribution < -0.4 is 0 Å². The number of nitriles is 2. The lowest BCUT2D eigenvalue weighted by Crippen LogP contribution is -1.97. The number of nitrogens with zero attached hydrogens (tertiary/aromatic N) is 2. The zero-order chi connectivity index (χ0) is 9.56. The average molecular weight is 162 g/mol. The highest BCUT2D eigenvalue weighted by atomic mass is 14.3. The van der Waals surface area contributed by atoms with Gasteiger partial charge in [0.25, 0.3) is 0 Å². The zero-order valence-electron chi connectivity index (χ0n) is 7.67. The highest BCUT2D eigenvalue weighted by Crippen LogP contribution is 2.16. The molecule has 2 heteroatoms. The molecule has 0 aliphatic heterocycles. The summed E-state index contributed by atoms with van der Waals surface area (Å²) in [6, 6.07) is 4.29. The van der Waals surface area contributed by atoms with E-state index in [1.54, 1.807) is 0 Å². The van der Waals surface area contributed by atoms with E-state index < -0.39 is 0 Å². The first-order chi connectivity index (χ1) is 5.60. The largest absolute Gasteiger partial charge is 0.198 e. The van der Waals surface area contributed by atoms with Gasteiger partial charge < -0.3 is 0 Å². The maximum atomic E-state index is 8.52. The van der Waals surface area contributed by atoms with Crippen molar-refractivity contribution in [2.45, 2.75) is 26.7 Å². The third-order valence-electron chi connectivity index (χ3n) is 1.63. The summed E-state index contributed by atoms with van der Waals surface area (Å²) in [5.41, 5.74) is 0.998. The fraction of sp³-hybridized carbons (Fsp3) is 0.600. The van der Waals surface area contributed by atoms with Crippen LogP contribution in [-0.4, -0.2) is 0 Å². The van der Waals surface area contributed by atoms with Gasteiger partial charge in [0.05, 0.1) is 12.1 Å². The standard InChI is InChI=1S/C10H14N2/c1-8(4-9(2)6-11)5-10(3)7-12/h9-10H,1,4-5H2,2-3H3. The molecule has 0 radical (unpaired) electrons. The van der Waals surface area contributed by atoms with Gasteiger partial charge >= 0.3 is 0 Å². The number of hydrogen-bond acceptors (Lipinski definition) is 2. The molecule has 0 spiro atoms. The lowest BCUT2D eigenvalue weighted by atomic mass is 9.96. The topological polar surface area (TPSA) is 47.6 Å².